The summed E-state index contributed by atoms with van der Waals surface area (Å²) >= 11 is 5.80. The molecule has 22 heavy (non-hydrogen) atoms. The maximum absolute atomic E-state index is 13.1. The summed E-state index contributed by atoms with van der Waals surface area (Å²) in [5, 5.41) is 9.33. The Morgan fingerprint density at radius 3 is 2.64 bits per heavy atom. The number of esters is 1. The summed E-state index contributed by atoms with van der Waals surface area (Å²) in [5.41, 5.74) is 6.36. The Labute approximate surface area is 131 Å². The van der Waals surface area contributed by atoms with Crippen molar-refractivity contribution in [2.75, 3.05) is 13.0 Å². The Morgan fingerprint density at radius 2 is 2.14 bits per heavy atom. The predicted octanol–water partition coefficient (Wildman–Crippen LogP) is 2.30. The number of allylic oxidation sites excluding steroid dienone is 2. The number of methoxy groups -OCH3 is 1. The monoisotopic (exact) mass is 322 g/mol. The molecule has 2 N–H and O–H groups in total. The number of halogens is 2. The van der Waals surface area contributed by atoms with E-state index in [1.54, 1.807) is 0 Å². The fourth-order valence-corrected chi connectivity index (χ4v) is 2.44. The summed E-state index contributed by atoms with van der Waals surface area (Å²) in [5.74, 6) is -2.10. The van der Waals surface area contributed by atoms with Gasteiger partial charge in [0.05, 0.1) is 24.5 Å². The third kappa shape index (κ3) is 2.76. The quantitative estimate of drug-likeness (QED) is 0.681. The molecule has 1 heterocycles. The number of nitrogens with two attached hydrogens (primary N) is 1. The van der Waals surface area contributed by atoms with Gasteiger partial charge in [0.2, 0.25) is 5.88 Å². The third-order valence-corrected chi connectivity index (χ3v) is 3.47. The molecular formula is C15H12ClFN2O3. The molecule has 0 amide bonds. The number of carbonyl (C=O) groups excluding carboxylic acids is 1. The molecule has 0 saturated heterocycles. The fraction of sp³-hybridized carbons (Fsp3) is 0.200. The van der Waals surface area contributed by atoms with Gasteiger partial charge in [-0.1, -0.05) is 12.1 Å². The van der Waals surface area contributed by atoms with Crippen molar-refractivity contribution in [1.29, 1.82) is 5.26 Å². The van der Waals surface area contributed by atoms with Gasteiger partial charge in [-0.25, -0.2) is 9.18 Å². The molecule has 0 fully saturated rings. The van der Waals surface area contributed by atoms with Crippen LogP contribution in [0.2, 0.25) is 0 Å². The molecule has 1 aliphatic rings. The van der Waals surface area contributed by atoms with Gasteiger partial charge in [0.1, 0.15) is 23.2 Å². The number of ether oxygens (including phenoxy) is 2. The summed E-state index contributed by atoms with van der Waals surface area (Å²) in [6, 6.07) is 7.30. The molecule has 0 aliphatic carbocycles. The first kappa shape index (κ1) is 15.9. The molecule has 114 valence electrons. The van der Waals surface area contributed by atoms with E-state index < -0.39 is 17.7 Å². The molecule has 0 radical (unpaired) electrons. The molecule has 1 atom stereocenters. The van der Waals surface area contributed by atoms with Crippen LogP contribution in [0.1, 0.15) is 11.5 Å². The van der Waals surface area contributed by atoms with E-state index in [0.717, 1.165) is 0 Å². The molecule has 0 spiro atoms. The van der Waals surface area contributed by atoms with Crippen molar-refractivity contribution in [3.63, 3.8) is 0 Å². The van der Waals surface area contributed by atoms with Gasteiger partial charge in [0, 0.05) is 0 Å². The minimum atomic E-state index is -0.819. The summed E-state index contributed by atoms with van der Waals surface area (Å²) in [6.45, 7) is 0. The Bertz CT molecular complexity index is 704. The van der Waals surface area contributed by atoms with Crippen LogP contribution in [-0.4, -0.2) is 19.0 Å². The van der Waals surface area contributed by atoms with Gasteiger partial charge in [-0.2, -0.15) is 5.26 Å². The average molecular weight is 323 g/mol. The van der Waals surface area contributed by atoms with Crippen molar-refractivity contribution in [1.82, 2.24) is 0 Å². The maximum Gasteiger partial charge on any atom is 0.338 e. The lowest BCUT2D eigenvalue weighted by Gasteiger charge is -2.27. The van der Waals surface area contributed by atoms with Crippen LogP contribution in [-0.2, 0) is 14.3 Å². The second-order valence-corrected chi connectivity index (χ2v) is 4.71. The summed E-state index contributed by atoms with van der Waals surface area (Å²) < 4.78 is 23.1. The first-order valence-corrected chi connectivity index (χ1v) is 6.77. The largest absolute Gasteiger partial charge is 0.466 e. The molecule has 0 bridgehead atoms. The summed E-state index contributed by atoms with van der Waals surface area (Å²) in [7, 11) is 1.20. The van der Waals surface area contributed by atoms with Gasteiger partial charge in [0.15, 0.2) is 0 Å². The lowest BCUT2D eigenvalue weighted by atomic mass is 9.83. The minimum Gasteiger partial charge on any atom is -0.466 e. The van der Waals surface area contributed by atoms with Gasteiger partial charge in [-0.3, -0.25) is 0 Å². The number of nitriles is 1. The molecule has 7 heteroatoms. The molecule has 1 aromatic carbocycles. The van der Waals surface area contributed by atoms with E-state index in [-0.39, 0.29) is 28.7 Å². The highest BCUT2D eigenvalue weighted by molar-refractivity contribution is 6.19. The lowest BCUT2D eigenvalue weighted by molar-refractivity contribution is -0.136. The van der Waals surface area contributed by atoms with Crippen LogP contribution in [0, 0.1) is 17.1 Å². The normalized spacial score (nSPS) is 17.8. The van der Waals surface area contributed by atoms with E-state index in [4.69, 9.17) is 26.8 Å². The van der Waals surface area contributed by atoms with E-state index in [9.17, 15) is 14.4 Å². The van der Waals surface area contributed by atoms with E-state index >= 15 is 0 Å². The highest BCUT2D eigenvalue weighted by atomic mass is 35.5. The minimum absolute atomic E-state index is 0.0425. The van der Waals surface area contributed by atoms with Gasteiger partial charge in [0.25, 0.3) is 0 Å². The van der Waals surface area contributed by atoms with Crippen LogP contribution < -0.4 is 5.73 Å². The standard InChI is InChI=1S/C15H12ClFN2O3/c1-21-15(20)13-11(6-16)22-14(19)10(7-18)12(13)8-2-4-9(17)5-3-8/h2-5,12H,6,19H2,1H3/t12-/m1/s1. The molecule has 0 saturated carbocycles. The van der Waals surface area contributed by atoms with E-state index in [1.165, 1.54) is 31.4 Å². The van der Waals surface area contributed by atoms with Crippen molar-refractivity contribution < 1.29 is 18.7 Å². The van der Waals surface area contributed by atoms with Crippen LogP contribution >= 0.6 is 11.6 Å². The number of nitrogens with zero attached hydrogens (tertiary/aromatic N) is 1. The predicted molar refractivity (Wildman–Crippen MR) is 76.8 cm³/mol. The lowest BCUT2D eigenvalue weighted by Crippen LogP contribution is -2.26. The Balaban J connectivity index is 2.66. The smallest absolute Gasteiger partial charge is 0.338 e. The second-order valence-electron chi connectivity index (χ2n) is 4.44. The number of benzene rings is 1. The molecule has 0 unspecified atom stereocenters. The van der Waals surface area contributed by atoms with Gasteiger partial charge < -0.3 is 15.2 Å². The molecule has 5 nitrogen and oxygen atoms in total. The zero-order chi connectivity index (χ0) is 16.3. The van der Waals surface area contributed by atoms with Crippen molar-refractivity contribution >= 4 is 17.6 Å². The van der Waals surface area contributed by atoms with E-state index in [2.05, 4.69) is 0 Å². The van der Waals surface area contributed by atoms with Crippen molar-refractivity contribution in [2.24, 2.45) is 5.73 Å². The fourth-order valence-electron chi connectivity index (χ4n) is 2.24. The van der Waals surface area contributed by atoms with Crippen molar-refractivity contribution in [3.05, 3.63) is 58.4 Å². The Morgan fingerprint density at radius 1 is 1.50 bits per heavy atom. The highest BCUT2D eigenvalue weighted by Crippen LogP contribution is 2.39. The van der Waals surface area contributed by atoms with Crippen LogP contribution in [0.15, 0.2) is 47.1 Å². The topological polar surface area (TPSA) is 85.3 Å². The Kier molecular flexibility index (Phi) is 4.68. The third-order valence-electron chi connectivity index (χ3n) is 3.23. The zero-order valence-electron chi connectivity index (χ0n) is 11.6. The van der Waals surface area contributed by atoms with E-state index in [1.807, 2.05) is 6.07 Å². The van der Waals surface area contributed by atoms with Gasteiger partial charge in [-0.15, -0.1) is 11.6 Å². The van der Waals surface area contributed by atoms with Crippen LogP contribution in [0.5, 0.6) is 0 Å². The number of hydrogen-bond acceptors (Lipinski definition) is 5. The van der Waals surface area contributed by atoms with Crippen molar-refractivity contribution in [3.8, 4) is 6.07 Å². The molecular weight excluding hydrogens is 311 g/mol. The van der Waals surface area contributed by atoms with Crippen LogP contribution in [0.3, 0.4) is 0 Å². The molecule has 1 aliphatic heterocycles. The van der Waals surface area contributed by atoms with Crippen LogP contribution in [0.25, 0.3) is 0 Å². The maximum atomic E-state index is 13.1. The second kappa shape index (κ2) is 6.50. The first-order chi connectivity index (χ1) is 10.5. The van der Waals surface area contributed by atoms with Gasteiger partial charge in [-0.05, 0) is 17.7 Å². The summed E-state index contributed by atoms with van der Waals surface area (Å²) in [6.07, 6.45) is 0. The van der Waals surface area contributed by atoms with Crippen molar-refractivity contribution in [2.45, 2.75) is 5.92 Å². The van der Waals surface area contributed by atoms with E-state index in [0.29, 0.717) is 5.56 Å². The SMILES string of the molecule is COC(=O)C1=C(CCl)OC(N)=C(C#N)[C@H]1c1ccc(F)cc1. The number of carbonyl (C=O) groups is 1. The number of rotatable bonds is 3. The summed E-state index contributed by atoms with van der Waals surface area (Å²) in [4.78, 5) is 12.1. The molecule has 1 aromatic rings. The van der Waals surface area contributed by atoms with Crippen LogP contribution in [0.4, 0.5) is 4.39 Å². The first-order valence-electron chi connectivity index (χ1n) is 6.23. The Hall–Kier alpha value is -2.52. The molecule has 2 rings (SSSR count). The average Bonchev–Trinajstić information content (AvgIpc) is 2.53. The zero-order valence-corrected chi connectivity index (χ0v) is 12.4. The molecule has 0 aromatic heterocycles. The number of alkyl halides is 1. The van der Waals surface area contributed by atoms with Gasteiger partial charge >= 0.3 is 5.97 Å². The highest BCUT2D eigenvalue weighted by Gasteiger charge is 2.37. The number of hydrogen-bond donors (Lipinski definition) is 1.